The maximum absolute atomic E-state index is 6.13. The summed E-state index contributed by atoms with van der Waals surface area (Å²) in [6.07, 6.45) is 1.63. The van der Waals surface area contributed by atoms with Crippen LogP contribution in [0.4, 0.5) is 0 Å². The molecule has 0 aromatic carbocycles. The van der Waals surface area contributed by atoms with Crippen molar-refractivity contribution in [1.29, 1.82) is 0 Å². The minimum Gasteiger partial charge on any atom is -0.123 e. The van der Waals surface area contributed by atoms with Crippen molar-refractivity contribution in [3.8, 4) is 0 Å². The van der Waals surface area contributed by atoms with E-state index in [-0.39, 0.29) is 5.38 Å². The van der Waals surface area contributed by atoms with Crippen LogP contribution in [0.2, 0.25) is 0 Å². The normalized spacial score (nSPS) is 18.4. The molecule has 0 saturated heterocycles. The Kier molecular flexibility index (Phi) is 5.74. The fraction of sp³-hybridized carbons (Fsp3) is 0.800. The van der Waals surface area contributed by atoms with Crippen LogP contribution in [-0.2, 0) is 0 Å². The van der Waals surface area contributed by atoms with Crippen molar-refractivity contribution in [1.82, 2.24) is 0 Å². The Bertz CT molecular complexity index is 173. The number of rotatable bonds is 5. The SMILES string of the molecule is C=C(Cl)[C@@](C)(Cl)CC[C@H](Cl)C(C)C. The Balaban J connectivity index is 3.95. The molecule has 0 bridgehead atoms. The first-order valence-electron chi connectivity index (χ1n) is 4.45. The van der Waals surface area contributed by atoms with Gasteiger partial charge in [-0.1, -0.05) is 32.0 Å². The van der Waals surface area contributed by atoms with Gasteiger partial charge in [0.05, 0.1) is 4.87 Å². The van der Waals surface area contributed by atoms with E-state index in [1.165, 1.54) is 0 Å². The minimum atomic E-state index is -0.524. The van der Waals surface area contributed by atoms with Crippen molar-refractivity contribution >= 4 is 34.8 Å². The van der Waals surface area contributed by atoms with Crippen LogP contribution in [0.1, 0.15) is 33.6 Å². The summed E-state index contributed by atoms with van der Waals surface area (Å²) >= 11 is 18.0. The summed E-state index contributed by atoms with van der Waals surface area (Å²) in [5, 5.41) is 0.649. The predicted molar refractivity (Wildman–Crippen MR) is 63.0 cm³/mol. The van der Waals surface area contributed by atoms with Crippen LogP contribution in [0.25, 0.3) is 0 Å². The van der Waals surface area contributed by atoms with Gasteiger partial charge < -0.3 is 0 Å². The minimum absolute atomic E-state index is 0.161. The highest BCUT2D eigenvalue weighted by molar-refractivity contribution is 6.39. The molecule has 0 aliphatic carbocycles. The van der Waals surface area contributed by atoms with Gasteiger partial charge in [-0.15, -0.1) is 23.2 Å². The van der Waals surface area contributed by atoms with Crippen LogP contribution < -0.4 is 0 Å². The molecule has 78 valence electrons. The van der Waals surface area contributed by atoms with Crippen molar-refractivity contribution in [3.63, 3.8) is 0 Å². The van der Waals surface area contributed by atoms with Crippen LogP contribution in [0.15, 0.2) is 11.6 Å². The number of hydrogen-bond donors (Lipinski definition) is 0. The summed E-state index contributed by atoms with van der Waals surface area (Å²) in [6.45, 7) is 9.70. The average molecular weight is 244 g/mol. The molecule has 0 saturated carbocycles. The van der Waals surface area contributed by atoms with Gasteiger partial charge in [-0.05, 0) is 25.7 Å². The summed E-state index contributed by atoms with van der Waals surface area (Å²) in [6, 6.07) is 0. The molecule has 0 unspecified atom stereocenters. The van der Waals surface area contributed by atoms with Crippen LogP contribution >= 0.6 is 34.8 Å². The molecule has 0 rings (SSSR count). The first-order chi connectivity index (χ1) is 5.77. The summed E-state index contributed by atoms with van der Waals surface area (Å²) in [7, 11) is 0. The van der Waals surface area contributed by atoms with E-state index in [0.717, 1.165) is 12.8 Å². The highest BCUT2D eigenvalue weighted by Gasteiger charge is 2.25. The molecular formula is C10H17Cl3. The summed E-state index contributed by atoms with van der Waals surface area (Å²) in [5.74, 6) is 0.470. The van der Waals surface area contributed by atoms with E-state index in [9.17, 15) is 0 Å². The molecule has 0 N–H and O–H groups in total. The van der Waals surface area contributed by atoms with E-state index in [2.05, 4.69) is 20.4 Å². The van der Waals surface area contributed by atoms with Gasteiger partial charge in [0.15, 0.2) is 0 Å². The third kappa shape index (κ3) is 5.15. The van der Waals surface area contributed by atoms with Gasteiger partial charge >= 0.3 is 0 Å². The summed E-state index contributed by atoms with van der Waals surface area (Å²) in [4.78, 5) is -0.524. The maximum atomic E-state index is 6.13. The largest absolute Gasteiger partial charge is 0.123 e. The Labute approximate surface area is 96.2 Å². The first-order valence-corrected chi connectivity index (χ1v) is 5.64. The third-order valence-electron chi connectivity index (χ3n) is 2.18. The molecule has 0 aliphatic rings. The van der Waals surface area contributed by atoms with Crippen LogP contribution in [-0.4, -0.2) is 10.3 Å². The van der Waals surface area contributed by atoms with E-state index in [4.69, 9.17) is 34.8 Å². The fourth-order valence-electron chi connectivity index (χ4n) is 0.878. The zero-order valence-corrected chi connectivity index (χ0v) is 10.7. The lowest BCUT2D eigenvalue weighted by atomic mass is 9.98. The van der Waals surface area contributed by atoms with Crippen LogP contribution in [0.3, 0.4) is 0 Å². The van der Waals surface area contributed by atoms with E-state index in [0.29, 0.717) is 11.0 Å². The molecule has 0 aromatic heterocycles. The zero-order valence-electron chi connectivity index (χ0n) is 8.41. The Morgan fingerprint density at radius 1 is 1.46 bits per heavy atom. The molecule has 13 heavy (non-hydrogen) atoms. The molecule has 0 nitrogen and oxygen atoms in total. The quantitative estimate of drug-likeness (QED) is 0.610. The van der Waals surface area contributed by atoms with Gasteiger partial charge in [0.2, 0.25) is 0 Å². The van der Waals surface area contributed by atoms with Crippen molar-refractivity contribution in [3.05, 3.63) is 11.6 Å². The second-order valence-electron chi connectivity index (χ2n) is 3.90. The Morgan fingerprint density at radius 3 is 2.23 bits per heavy atom. The fourth-order valence-corrected chi connectivity index (χ4v) is 1.19. The monoisotopic (exact) mass is 242 g/mol. The zero-order chi connectivity index (χ0) is 10.6. The standard InChI is InChI=1S/C10H17Cl3/c1-7(2)9(12)5-6-10(4,13)8(3)11/h7,9H,3,5-6H2,1-2,4H3/t9-,10-/m0/s1. The molecule has 0 aromatic rings. The van der Waals surface area contributed by atoms with Crippen molar-refractivity contribution in [2.75, 3.05) is 0 Å². The average Bonchev–Trinajstić information content (AvgIpc) is 1.99. The number of hydrogen-bond acceptors (Lipinski definition) is 0. The molecule has 0 aliphatic heterocycles. The second-order valence-corrected chi connectivity index (χ2v) is 5.75. The molecule has 2 atom stereocenters. The van der Waals surface area contributed by atoms with Gasteiger partial charge in [0.1, 0.15) is 0 Å². The number of alkyl halides is 2. The smallest absolute Gasteiger partial charge is 0.0767 e. The van der Waals surface area contributed by atoms with E-state index >= 15 is 0 Å². The maximum Gasteiger partial charge on any atom is 0.0767 e. The highest BCUT2D eigenvalue weighted by atomic mass is 35.5. The highest BCUT2D eigenvalue weighted by Crippen LogP contribution is 2.33. The van der Waals surface area contributed by atoms with Gasteiger partial charge in [-0.25, -0.2) is 0 Å². The lowest BCUT2D eigenvalue weighted by Crippen LogP contribution is -2.19. The molecule has 0 heterocycles. The van der Waals surface area contributed by atoms with Gasteiger partial charge in [0.25, 0.3) is 0 Å². The van der Waals surface area contributed by atoms with Gasteiger partial charge in [-0.2, -0.15) is 0 Å². The molecule has 0 spiro atoms. The molecule has 3 heteroatoms. The molecule has 0 amide bonds. The lowest BCUT2D eigenvalue weighted by molar-refractivity contribution is 0.519. The van der Waals surface area contributed by atoms with E-state index in [1.807, 2.05) is 6.92 Å². The predicted octanol–water partition coefficient (Wildman–Crippen LogP) is 4.78. The van der Waals surface area contributed by atoms with Crippen molar-refractivity contribution < 1.29 is 0 Å². The van der Waals surface area contributed by atoms with Gasteiger partial charge in [0, 0.05) is 10.4 Å². The molecule has 0 radical (unpaired) electrons. The summed E-state index contributed by atoms with van der Waals surface area (Å²) in [5.41, 5.74) is 0. The number of allylic oxidation sites excluding steroid dienone is 1. The van der Waals surface area contributed by atoms with Crippen LogP contribution in [0.5, 0.6) is 0 Å². The second kappa shape index (κ2) is 5.48. The summed E-state index contributed by atoms with van der Waals surface area (Å²) < 4.78 is 0. The van der Waals surface area contributed by atoms with Crippen molar-refractivity contribution in [2.45, 2.75) is 43.9 Å². The first kappa shape index (κ1) is 13.6. The molecular weight excluding hydrogens is 226 g/mol. The molecule has 0 fully saturated rings. The van der Waals surface area contributed by atoms with Crippen molar-refractivity contribution in [2.24, 2.45) is 5.92 Å². The lowest BCUT2D eigenvalue weighted by Gasteiger charge is -2.23. The Hall–Kier alpha value is 0.610. The number of halogens is 3. The van der Waals surface area contributed by atoms with Gasteiger partial charge in [-0.3, -0.25) is 0 Å². The van der Waals surface area contributed by atoms with Crippen LogP contribution in [0, 0.1) is 5.92 Å². The Morgan fingerprint density at radius 2 is 1.92 bits per heavy atom. The third-order valence-corrected chi connectivity index (χ3v) is 3.83. The topological polar surface area (TPSA) is 0 Å². The van der Waals surface area contributed by atoms with E-state index < -0.39 is 4.87 Å². The van der Waals surface area contributed by atoms with E-state index in [1.54, 1.807) is 0 Å².